The summed E-state index contributed by atoms with van der Waals surface area (Å²) in [5, 5.41) is 10.7. The Labute approximate surface area is 184 Å². The Bertz CT molecular complexity index is 851. The van der Waals surface area contributed by atoms with E-state index >= 15 is 0 Å². The molecular formula is C25H34N2O4. The van der Waals surface area contributed by atoms with Crippen molar-refractivity contribution < 1.29 is 14.3 Å². The van der Waals surface area contributed by atoms with Crippen molar-refractivity contribution in [2.24, 2.45) is 11.8 Å². The summed E-state index contributed by atoms with van der Waals surface area (Å²) in [4.78, 5) is 19.0. The molecule has 0 aromatic carbocycles. The van der Waals surface area contributed by atoms with E-state index in [9.17, 15) is 9.90 Å². The normalized spacial score (nSPS) is 17.3. The van der Waals surface area contributed by atoms with Crippen LogP contribution in [0.15, 0.2) is 39.8 Å². The molecule has 6 nitrogen and oxygen atoms in total. The highest BCUT2D eigenvalue weighted by Gasteiger charge is 2.24. The Morgan fingerprint density at radius 1 is 1.06 bits per heavy atom. The van der Waals surface area contributed by atoms with Gasteiger partial charge in [0.15, 0.2) is 11.4 Å². The molecule has 2 aromatic heterocycles. The molecule has 2 fully saturated rings. The molecular weight excluding hydrogens is 392 g/mol. The van der Waals surface area contributed by atoms with Crippen molar-refractivity contribution in [3.05, 3.63) is 46.6 Å². The van der Waals surface area contributed by atoms with E-state index in [1.165, 1.54) is 57.4 Å². The second-order valence-electron chi connectivity index (χ2n) is 9.10. The fourth-order valence-electron chi connectivity index (χ4n) is 5.06. The number of aromatic nitrogens is 1. The van der Waals surface area contributed by atoms with Gasteiger partial charge in [-0.1, -0.05) is 57.4 Å². The highest BCUT2D eigenvalue weighted by molar-refractivity contribution is 5.56. The highest BCUT2D eigenvalue weighted by Crippen LogP contribution is 2.33. The number of rotatable bonds is 10. The molecule has 0 atom stereocenters. The lowest BCUT2D eigenvalue weighted by Gasteiger charge is -2.27. The van der Waals surface area contributed by atoms with Gasteiger partial charge in [-0.2, -0.15) is 0 Å². The standard InChI is InChI=1S/C25H34N2O4/c28-22-16-23(30-18-21-10-5-13-26-17-21)31-25(29)24(22)27(14-11-19-6-1-2-7-19)15-12-20-8-3-4-9-20/h5,10,13,16-17,19-20,28H,1-4,6-9,11-12,14-15,18H2. The van der Waals surface area contributed by atoms with Crippen LogP contribution in [0.3, 0.4) is 0 Å². The zero-order valence-corrected chi connectivity index (χ0v) is 18.3. The van der Waals surface area contributed by atoms with Crippen LogP contribution in [-0.2, 0) is 6.61 Å². The third kappa shape index (κ3) is 6.02. The monoisotopic (exact) mass is 426 g/mol. The van der Waals surface area contributed by atoms with E-state index in [0.29, 0.717) is 0 Å². The molecule has 0 unspecified atom stereocenters. The smallest absolute Gasteiger partial charge is 0.366 e. The molecule has 6 heteroatoms. The van der Waals surface area contributed by atoms with E-state index < -0.39 is 5.63 Å². The summed E-state index contributed by atoms with van der Waals surface area (Å²) in [6, 6.07) is 5.13. The van der Waals surface area contributed by atoms with Crippen molar-refractivity contribution >= 4 is 5.69 Å². The number of hydrogen-bond donors (Lipinski definition) is 1. The molecule has 0 spiro atoms. The Morgan fingerprint density at radius 3 is 2.26 bits per heavy atom. The van der Waals surface area contributed by atoms with Crippen LogP contribution in [0.5, 0.6) is 11.7 Å². The van der Waals surface area contributed by atoms with Gasteiger partial charge in [-0.3, -0.25) is 4.98 Å². The first-order valence-corrected chi connectivity index (χ1v) is 11.8. The third-order valence-electron chi connectivity index (χ3n) is 6.87. The Morgan fingerprint density at radius 2 is 1.71 bits per heavy atom. The Hall–Kier alpha value is -2.50. The highest BCUT2D eigenvalue weighted by atomic mass is 16.6. The van der Waals surface area contributed by atoms with E-state index in [1.54, 1.807) is 12.4 Å². The lowest BCUT2D eigenvalue weighted by molar-refractivity contribution is 0.218. The molecule has 0 amide bonds. The minimum atomic E-state index is -0.529. The Kier molecular flexibility index (Phi) is 7.49. The van der Waals surface area contributed by atoms with Crippen LogP contribution >= 0.6 is 0 Å². The van der Waals surface area contributed by atoms with Crippen LogP contribution in [0.2, 0.25) is 0 Å². The predicted molar refractivity (Wildman–Crippen MR) is 121 cm³/mol. The van der Waals surface area contributed by atoms with E-state index in [-0.39, 0.29) is 24.0 Å². The first-order valence-electron chi connectivity index (χ1n) is 11.8. The Balaban J connectivity index is 1.45. The lowest BCUT2D eigenvalue weighted by atomic mass is 10.0. The van der Waals surface area contributed by atoms with Gasteiger partial charge in [-0.25, -0.2) is 4.79 Å². The van der Waals surface area contributed by atoms with E-state index in [0.717, 1.165) is 43.3 Å². The largest absolute Gasteiger partial charge is 0.505 e. The molecule has 0 saturated heterocycles. The maximum Gasteiger partial charge on any atom is 0.366 e. The number of nitrogens with zero attached hydrogens (tertiary/aromatic N) is 2. The molecule has 1 N–H and O–H groups in total. The van der Waals surface area contributed by atoms with Crippen LogP contribution in [0, 0.1) is 11.8 Å². The summed E-state index contributed by atoms with van der Waals surface area (Å²) in [5.74, 6) is 1.42. The average Bonchev–Trinajstić information content (AvgIpc) is 3.48. The average molecular weight is 427 g/mol. The van der Waals surface area contributed by atoms with Crippen molar-refractivity contribution in [1.82, 2.24) is 4.98 Å². The first kappa shape index (κ1) is 21.7. The summed E-state index contributed by atoms with van der Waals surface area (Å²) in [5.41, 5.74) is 0.618. The molecule has 0 aliphatic heterocycles. The van der Waals surface area contributed by atoms with Crippen LogP contribution in [0.1, 0.15) is 69.8 Å². The molecule has 2 aliphatic rings. The predicted octanol–water partition coefficient (Wildman–Crippen LogP) is 5.29. The topological polar surface area (TPSA) is 75.8 Å². The van der Waals surface area contributed by atoms with Crippen molar-refractivity contribution in [2.75, 3.05) is 18.0 Å². The van der Waals surface area contributed by atoms with Gasteiger partial charge in [0.2, 0.25) is 0 Å². The summed E-state index contributed by atoms with van der Waals surface area (Å²) in [7, 11) is 0. The second kappa shape index (κ2) is 10.7. The van der Waals surface area contributed by atoms with E-state index in [4.69, 9.17) is 9.15 Å². The summed E-state index contributed by atoms with van der Waals surface area (Å²) in [6.45, 7) is 1.79. The molecule has 168 valence electrons. The number of aromatic hydroxyl groups is 1. The summed E-state index contributed by atoms with van der Waals surface area (Å²) >= 11 is 0. The van der Waals surface area contributed by atoms with E-state index in [2.05, 4.69) is 9.88 Å². The molecule has 4 rings (SSSR count). The third-order valence-corrected chi connectivity index (χ3v) is 6.87. The van der Waals surface area contributed by atoms with Gasteiger partial charge < -0.3 is 19.2 Å². The van der Waals surface area contributed by atoms with Crippen molar-refractivity contribution in [1.29, 1.82) is 0 Å². The SMILES string of the molecule is O=c1oc(OCc2cccnc2)cc(O)c1N(CCC1CCCC1)CCC1CCCC1. The molecule has 2 aliphatic carbocycles. The first-order chi connectivity index (χ1) is 15.2. The van der Waals surface area contributed by atoms with Crippen LogP contribution in [-0.4, -0.2) is 23.2 Å². The zero-order chi connectivity index (χ0) is 21.5. The minimum absolute atomic E-state index is 0.0293. The van der Waals surface area contributed by atoms with E-state index in [1.807, 2.05) is 12.1 Å². The number of pyridine rings is 1. The maximum atomic E-state index is 12.8. The summed E-state index contributed by atoms with van der Waals surface area (Å²) < 4.78 is 11.0. The van der Waals surface area contributed by atoms with Gasteiger partial charge in [0.1, 0.15) is 6.61 Å². The minimum Gasteiger partial charge on any atom is -0.505 e. The molecule has 0 radical (unpaired) electrons. The molecule has 2 heterocycles. The van der Waals surface area contributed by atoms with Gasteiger partial charge in [0, 0.05) is 31.0 Å². The molecule has 31 heavy (non-hydrogen) atoms. The molecule has 2 aromatic rings. The fraction of sp³-hybridized carbons (Fsp3) is 0.600. The molecule has 2 saturated carbocycles. The number of hydrogen-bond acceptors (Lipinski definition) is 6. The maximum absolute atomic E-state index is 12.8. The van der Waals surface area contributed by atoms with Crippen molar-refractivity contribution in [3.63, 3.8) is 0 Å². The van der Waals surface area contributed by atoms with Gasteiger partial charge in [0.05, 0.1) is 6.07 Å². The van der Waals surface area contributed by atoms with Crippen molar-refractivity contribution in [2.45, 2.75) is 70.8 Å². The van der Waals surface area contributed by atoms with Gasteiger partial charge in [-0.05, 0) is 30.7 Å². The lowest BCUT2D eigenvalue weighted by Crippen LogP contribution is -2.32. The van der Waals surface area contributed by atoms with Gasteiger partial charge >= 0.3 is 5.63 Å². The van der Waals surface area contributed by atoms with Crippen LogP contribution in [0.25, 0.3) is 0 Å². The second-order valence-corrected chi connectivity index (χ2v) is 9.10. The van der Waals surface area contributed by atoms with Crippen LogP contribution in [0.4, 0.5) is 5.69 Å². The van der Waals surface area contributed by atoms with Gasteiger partial charge in [-0.15, -0.1) is 0 Å². The molecule has 0 bridgehead atoms. The van der Waals surface area contributed by atoms with Crippen molar-refractivity contribution in [3.8, 4) is 11.7 Å². The fourth-order valence-corrected chi connectivity index (χ4v) is 5.06. The summed E-state index contributed by atoms with van der Waals surface area (Å²) in [6.07, 6.45) is 15.8. The van der Waals surface area contributed by atoms with Crippen LogP contribution < -0.4 is 15.3 Å². The number of ether oxygens (including phenoxy) is 1. The quantitative estimate of drug-likeness (QED) is 0.557. The van der Waals surface area contributed by atoms with Gasteiger partial charge in [0.25, 0.3) is 5.95 Å². The zero-order valence-electron chi connectivity index (χ0n) is 18.3. The number of anilines is 1.